The Hall–Kier alpha value is -3.33. The van der Waals surface area contributed by atoms with E-state index in [0.717, 1.165) is 11.1 Å². The van der Waals surface area contributed by atoms with Gasteiger partial charge in [-0.3, -0.25) is 4.79 Å². The molecule has 9 heteroatoms. The van der Waals surface area contributed by atoms with Crippen molar-refractivity contribution in [2.75, 3.05) is 19.0 Å². The van der Waals surface area contributed by atoms with Crippen LogP contribution in [0.4, 0.5) is 5.95 Å². The number of benzene rings is 2. The maximum absolute atomic E-state index is 13.3. The van der Waals surface area contributed by atoms with E-state index in [1.54, 1.807) is 11.8 Å². The second-order valence-corrected chi connectivity index (χ2v) is 8.02. The zero-order valence-corrected chi connectivity index (χ0v) is 19.3. The van der Waals surface area contributed by atoms with Crippen molar-refractivity contribution in [2.24, 2.45) is 5.92 Å². The van der Waals surface area contributed by atoms with E-state index in [1.165, 1.54) is 6.33 Å². The van der Waals surface area contributed by atoms with Crippen LogP contribution in [0.3, 0.4) is 0 Å². The molecule has 0 saturated heterocycles. The number of nitrogens with one attached hydrogen (secondary N) is 1. The molecule has 0 fully saturated rings. The lowest BCUT2D eigenvalue weighted by molar-refractivity contribution is -0.149. The number of aromatic nitrogens is 3. The molecule has 32 heavy (non-hydrogen) atoms. The van der Waals surface area contributed by atoms with E-state index in [1.807, 2.05) is 49.4 Å². The SMILES string of the molecule is C=C1Nc2ncnn2C(c2cc(Br)c(OCC)c(OC)c2)C1C(=O)OCc1ccccc1. The van der Waals surface area contributed by atoms with Crippen LogP contribution in [-0.4, -0.2) is 34.5 Å². The molecule has 0 aliphatic carbocycles. The van der Waals surface area contributed by atoms with Crippen molar-refractivity contribution in [3.8, 4) is 11.5 Å². The van der Waals surface area contributed by atoms with Gasteiger partial charge in [0, 0.05) is 5.70 Å². The fraction of sp³-hybridized carbons (Fsp3) is 0.261. The van der Waals surface area contributed by atoms with Gasteiger partial charge in [-0.05, 0) is 46.1 Å². The van der Waals surface area contributed by atoms with Crippen LogP contribution < -0.4 is 14.8 Å². The second kappa shape index (κ2) is 9.44. The van der Waals surface area contributed by atoms with E-state index in [9.17, 15) is 4.79 Å². The normalized spacial score (nSPS) is 17.3. The summed E-state index contributed by atoms with van der Waals surface area (Å²) in [5.74, 6) is 0.479. The molecule has 0 saturated carbocycles. The van der Waals surface area contributed by atoms with Crippen molar-refractivity contribution in [1.29, 1.82) is 0 Å². The molecule has 4 rings (SSSR count). The molecule has 3 aromatic rings. The van der Waals surface area contributed by atoms with Gasteiger partial charge < -0.3 is 19.5 Å². The van der Waals surface area contributed by atoms with Crippen molar-refractivity contribution in [1.82, 2.24) is 14.8 Å². The van der Waals surface area contributed by atoms with Gasteiger partial charge >= 0.3 is 5.97 Å². The minimum atomic E-state index is -0.734. The Bertz CT molecular complexity index is 1130. The fourth-order valence-electron chi connectivity index (χ4n) is 3.71. The number of rotatable bonds is 7. The van der Waals surface area contributed by atoms with Crippen LogP contribution in [0.1, 0.15) is 24.1 Å². The van der Waals surface area contributed by atoms with Gasteiger partial charge in [-0.15, -0.1) is 0 Å². The van der Waals surface area contributed by atoms with Gasteiger partial charge in [0.1, 0.15) is 18.9 Å². The van der Waals surface area contributed by atoms with Crippen LogP contribution in [0.5, 0.6) is 11.5 Å². The Labute approximate surface area is 194 Å². The van der Waals surface area contributed by atoms with Crippen molar-refractivity contribution in [3.63, 3.8) is 0 Å². The topological polar surface area (TPSA) is 87.5 Å². The molecular weight excluding hydrogens is 476 g/mol. The largest absolute Gasteiger partial charge is 0.493 e. The van der Waals surface area contributed by atoms with Crippen LogP contribution in [0.2, 0.25) is 0 Å². The van der Waals surface area contributed by atoms with E-state index in [-0.39, 0.29) is 6.61 Å². The van der Waals surface area contributed by atoms with Crippen LogP contribution in [-0.2, 0) is 16.1 Å². The number of carbonyl (C=O) groups is 1. The Balaban J connectivity index is 1.72. The van der Waals surface area contributed by atoms with Crippen LogP contribution >= 0.6 is 15.9 Å². The molecular formula is C23H23BrN4O4. The first-order valence-corrected chi connectivity index (χ1v) is 10.9. The monoisotopic (exact) mass is 498 g/mol. The lowest BCUT2D eigenvalue weighted by Gasteiger charge is -2.33. The third-order valence-electron chi connectivity index (χ3n) is 5.16. The quantitative estimate of drug-likeness (QED) is 0.484. The van der Waals surface area contributed by atoms with Crippen LogP contribution in [0.25, 0.3) is 0 Å². The van der Waals surface area contributed by atoms with Gasteiger partial charge in [-0.1, -0.05) is 36.9 Å². The summed E-state index contributed by atoms with van der Waals surface area (Å²) in [6.45, 7) is 6.63. The molecule has 1 aromatic heterocycles. The molecule has 166 valence electrons. The Morgan fingerprint density at radius 2 is 2.06 bits per heavy atom. The molecule has 8 nitrogen and oxygen atoms in total. The summed E-state index contributed by atoms with van der Waals surface area (Å²) in [6.07, 6.45) is 1.43. The maximum atomic E-state index is 13.3. The van der Waals surface area contributed by atoms with E-state index in [4.69, 9.17) is 14.2 Å². The molecule has 2 atom stereocenters. The number of carbonyl (C=O) groups excluding carboxylic acids is 1. The molecule has 2 aromatic carbocycles. The summed E-state index contributed by atoms with van der Waals surface area (Å²) in [6, 6.07) is 12.7. The van der Waals surface area contributed by atoms with E-state index in [2.05, 4.69) is 37.9 Å². The zero-order chi connectivity index (χ0) is 22.7. The highest BCUT2D eigenvalue weighted by atomic mass is 79.9. The second-order valence-electron chi connectivity index (χ2n) is 7.16. The maximum Gasteiger partial charge on any atom is 0.317 e. The lowest BCUT2D eigenvalue weighted by atomic mass is 9.89. The lowest BCUT2D eigenvalue weighted by Crippen LogP contribution is -2.37. The predicted molar refractivity (Wildman–Crippen MR) is 123 cm³/mol. The minimum absolute atomic E-state index is 0.163. The molecule has 0 bridgehead atoms. The number of fused-ring (bicyclic) bond motifs is 1. The van der Waals surface area contributed by atoms with Crippen molar-refractivity contribution in [3.05, 3.63) is 76.7 Å². The summed E-state index contributed by atoms with van der Waals surface area (Å²) < 4.78 is 19.3. The molecule has 0 amide bonds. The van der Waals surface area contributed by atoms with E-state index in [0.29, 0.717) is 34.2 Å². The van der Waals surface area contributed by atoms with Crippen LogP contribution in [0, 0.1) is 5.92 Å². The zero-order valence-electron chi connectivity index (χ0n) is 17.7. The summed E-state index contributed by atoms with van der Waals surface area (Å²) in [5, 5.41) is 7.42. The number of anilines is 1. The van der Waals surface area contributed by atoms with Gasteiger partial charge in [0.2, 0.25) is 5.95 Å². The molecule has 2 heterocycles. The Kier molecular flexibility index (Phi) is 6.45. The average Bonchev–Trinajstić information content (AvgIpc) is 3.26. The average molecular weight is 499 g/mol. The molecule has 1 aliphatic heterocycles. The Morgan fingerprint density at radius 1 is 1.28 bits per heavy atom. The third kappa shape index (κ3) is 4.20. The summed E-state index contributed by atoms with van der Waals surface area (Å²) in [5.41, 5.74) is 2.16. The highest BCUT2D eigenvalue weighted by molar-refractivity contribution is 9.10. The number of halogens is 1. The molecule has 2 unspecified atom stereocenters. The van der Waals surface area contributed by atoms with Gasteiger partial charge in [0.25, 0.3) is 0 Å². The third-order valence-corrected chi connectivity index (χ3v) is 5.75. The first-order chi connectivity index (χ1) is 15.5. The number of hydrogen-bond donors (Lipinski definition) is 1. The summed E-state index contributed by atoms with van der Waals surface area (Å²) in [7, 11) is 1.57. The number of methoxy groups -OCH3 is 1. The van der Waals surface area contributed by atoms with Gasteiger partial charge in [-0.25, -0.2) is 4.68 Å². The fourth-order valence-corrected chi connectivity index (χ4v) is 4.29. The highest BCUT2D eigenvalue weighted by Crippen LogP contribution is 2.43. The minimum Gasteiger partial charge on any atom is -0.493 e. The number of hydrogen-bond acceptors (Lipinski definition) is 7. The first kappa shape index (κ1) is 21.9. The number of nitrogens with zero attached hydrogens (tertiary/aromatic N) is 3. The van der Waals surface area contributed by atoms with Gasteiger partial charge in [0.05, 0.1) is 24.2 Å². The van der Waals surface area contributed by atoms with Gasteiger partial charge in [0.15, 0.2) is 11.5 Å². The van der Waals surface area contributed by atoms with Crippen LogP contribution in [0.15, 0.2) is 65.5 Å². The van der Waals surface area contributed by atoms with Crippen molar-refractivity contribution < 1.29 is 19.0 Å². The molecule has 0 spiro atoms. The number of ether oxygens (including phenoxy) is 3. The summed E-state index contributed by atoms with van der Waals surface area (Å²) >= 11 is 3.57. The molecule has 0 radical (unpaired) electrons. The first-order valence-electron chi connectivity index (χ1n) is 10.1. The number of esters is 1. The predicted octanol–water partition coefficient (Wildman–Crippen LogP) is 4.34. The van der Waals surface area contributed by atoms with Crippen molar-refractivity contribution >= 4 is 27.8 Å². The van der Waals surface area contributed by atoms with E-state index < -0.39 is 17.9 Å². The molecule has 1 N–H and O–H groups in total. The molecule has 1 aliphatic rings. The van der Waals surface area contributed by atoms with Gasteiger partial charge in [-0.2, -0.15) is 10.1 Å². The summed E-state index contributed by atoms with van der Waals surface area (Å²) in [4.78, 5) is 17.5. The Morgan fingerprint density at radius 3 is 2.78 bits per heavy atom. The highest BCUT2D eigenvalue weighted by Gasteiger charge is 2.41. The standard InChI is InChI=1S/C23H23BrN4O4/c1-4-31-21-17(24)10-16(11-18(21)30-3)20-19(14(2)27-23-25-13-26-28(20)23)22(29)32-12-15-8-6-5-7-9-15/h5-11,13,19-20H,2,4,12H2,1,3H3,(H,25,26,27). The smallest absolute Gasteiger partial charge is 0.317 e. The van der Waals surface area contributed by atoms with E-state index >= 15 is 0 Å². The van der Waals surface area contributed by atoms with Crippen molar-refractivity contribution in [2.45, 2.75) is 19.6 Å².